The first-order valence-electron chi connectivity index (χ1n) is 7.17. The number of hydrogen-bond acceptors (Lipinski definition) is 3. The lowest BCUT2D eigenvalue weighted by Gasteiger charge is -2.08. The summed E-state index contributed by atoms with van der Waals surface area (Å²) in [4.78, 5) is 0. The van der Waals surface area contributed by atoms with Crippen molar-refractivity contribution in [3.63, 3.8) is 0 Å². The highest BCUT2D eigenvalue weighted by Gasteiger charge is 2.07. The Balaban J connectivity index is 2.06. The molecule has 1 aromatic carbocycles. The van der Waals surface area contributed by atoms with Crippen LogP contribution in [-0.4, -0.2) is 23.3 Å². The first-order valence-corrected chi connectivity index (χ1v) is 7.17. The van der Waals surface area contributed by atoms with Crippen molar-refractivity contribution in [3.05, 3.63) is 36.0 Å². The van der Waals surface area contributed by atoms with Crippen LogP contribution in [0.1, 0.15) is 26.3 Å². The molecule has 1 aromatic heterocycles. The fourth-order valence-electron chi connectivity index (χ4n) is 2.08. The van der Waals surface area contributed by atoms with Crippen molar-refractivity contribution in [2.24, 2.45) is 5.92 Å². The van der Waals surface area contributed by atoms with Crippen LogP contribution in [0.15, 0.2) is 30.5 Å². The second-order valence-corrected chi connectivity index (χ2v) is 5.25. The maximum absolute atomic E-state index is 5.46. The summed E-state index contributed by atoms with van der Waals surface area (Å²) in [6, 6.07) is 8.10. The quantitative estimate of drug-likeness (QED) is 0.814. The minimum absolute atomic E-state index is 0.649. The van der Waals surface area contributed by atoms with E-state index in [4.69, 9.17) is 4.74 Å². The van der Waals surface area contributed by atoms with Crippen LogP contribution in [0.5, 0.6) is 5.75 Å². The van der Waals surface area contributed by atoms with E-state index >= 15 is 0 Å². The van der Waals surface area contributed by atoms with Gasteiger partial charge in [-0.25, -0.2) is 0 Å². The molecule has 0 aliphatic heterocycles. The fourth-order valence-corrected chi connectivity index (χ4v) is 2.08. The largest absolute Gasteiger partial charge is 0.494 e. The predicted molar refractivity (Wildman–Crippen MR) is 81.7 cm³/mol. The van der Waals surface area contributed by atoms with Crippen molar-refractivity contribution in [2.75, 3.05) is 13.2 Å². The Bertz CT molecular complexity index is 517. The van der Waals surface area contributed by atoms with Crippen molar-refractivity contribution in [1.82, 2.24) is 15.5 Å². The van der Waals surface area contributed by atoms with Crippen molar-refractivity contribution >= 4 is 0 Å². The van der Waals surface area contributed by atoms with Gasteiger partial charge in [0.1, 0.15) is 5.75 Å². The fraction of sp³-hybridized carbons (Fsp3) is 0.438. The van der Waals surface area contributed by atoms with E-state index in [0.29, 0.717) is 12.5 Å². The third kappa shape index (κ3) is 3.84. The summed E-state index contributed by atoms with van der Waals surface area (Å²) in [5.74, 6) is 1.55. The molecule has 0 aliphatic carbocycles. The molecule has 1 heterocycles. The molecule has 2 aromatic rings. The number of aromatic nitrogens is 2. The highest BCUT2D eigenvalue weighted by atomic mass is 16.5. The number of H-pyrrole nitrogens is 1. The standard InChI is InChI=1S/C16H23N3O/c1-4-20-15-7-5-13(6-8-15)16-14(11-18-19-16)10-17-9-12(2)3/h5-8,11-12,17H,4,9-10H2,1-3H3,(H,18,19). The number of hydrogen-bond donors (Lipinski definition) is 2. The molecule has 4 heteroatoms. The molecule has 20 heavy (non-hydrogen) atoms. The highest BCUT2D eigenvalue weighted by Crippen LogP contribution is 2.23. The Hall–Kier alpha value is -1.81. The van der Waals surface area contributed by atoms with Crippen molar-refractivity contribution < 1.29 is 4.74 Å². The van der Waals surface area contributed by atoms with Gasteiger partial charge in [-0.05, 0) is 43.7 Å². The third-order valence-corrected chi connectivity index (χ3v) is 3.04. The Morgan fingerprint density at radius 3 is 2.65 bits per heavy atom. The minimum atomic E-state index is 0.649. The summed E-state index contributed by atoms with van der Waals surface area (Å²) in [5, 5.41) is 10.7. The van der Waals surface area contributed by atoms with Crippen LogP contribution >= 0.6 is 0 Å². The van der Waals surface area contributed by atoms with E-state index in [1.54, 1.807) is 0 Å². The van der Waals surface area contributed by atoms with Gasteiger partial charge in [-0.2, -0.15) is 5.10 Å². The molecule has 0 amide bonds. The number of aromatic amines is 1. The average molecular weight is 273 g/mol. The van der Waals surface area contributed by atoms with Crippen LogP contribution in [0.2, 0.25) is 0 Å². The smallest absolute Gasteiger partial charge is 0.119 e. The second-order valence-electron chi connectivity index (χ2n) is 5.25. The molecule has 0 aliphatic rings. The van der Waals surface area contributed by atoms with E-state index in [1.807, 2.05) is 25.3 Å². The van der Waals surface area contributed by atoms with Crippen molar-refractivity contribution in [1.29, 1.82) is 0 Å². The minimum Gasteiger partial charge on any atom is -0.494 e. The van der Waals surface area contributed by atoms with Crippen LogP contribution in [0.25, 0.3) is 11.3 Å². The monoisotopic (exact) mass is 273 g/mol. The molecule has 2 rings (SSSR count). The van der Waals surface area contributed by atoms with Gasteiger partial charge < -0.3 is 10.1 Å². The first kappa shape index (κ1) is 14.6. The number of ether oxygens (including phenoxy) is 1. The molecule has 2 N–H and O–H groups in total. The van der Waals surface area contributed by atoms with E-state index in [9.17, 15) is 0 Å². The maximum Gasteiger partial charge on any atom is 0.119 e. The summed E-state index contributed by atoms with van der Waals surface area (Å²) in [7, 11) is 0. The van der Waals surface area contributed by atoms with Gasteiger partial charge in [-0.1, -0.05) is 13.8 Å². The molecule has 4 nitrogen and oxygen atoms in total. The zero-order valence-electron chi connectivity index (χ0n) is 12.4. The molecule has 0 atom stereocenters. The summed E-state index contributed by atoms with van der Waals surface area (Å²) in [6.07, 6.45) is 1.89. The summed E-state index contributed by atoms with van der Waals surface area (Å²) < 4.78 is 5.46. The normalized spacial score (nSPS) is 11.0. The van der Waals surface area contributed by atoms with Gasteiger partial charge >= 0.3 is 0 Å². The van der Waals surface area contributed by atoms with E-state index in [2.05, 4.69) is 41.5 Å². The topological polar surface area (TPSA) is 49.9 Å². The number of nitrogens with zero attached hydrogens (tertiary/aromatic N) is 1. The van der Waals surface area contributed by atoms with Crippen molar-refractivity contribution in [3.8, 4) is 17.0 Å². The van der Waals surface area contributed by atoms with Gasteiger partial charge in [0.2, 0.25) is 0 Å². The number of rotatable bonds is 7. The molecule has 0 saturated heterocycles. The summed E-state index contributed by atoms with van der Waals surface area (Å²) >= 11 is 0. The Morgan fingerprint density at radius 2 is 2.00 bits per heavy atom. The van der Waals surface area contributed by atoms with Gasteiger partial charge in [0, 0.05) is 17.7 Å². The molecular weight excluding hydrogens is 250 g/mol. The van der Waals surface area contributed by atoms with Crippen LogP contribution in [0.3, 0.4) is 0 Å². The molecule has 108 valence electrons. The Labute approximate surface area is 120 Å². The summed E-state index contributed by atoms with van der Waals surface area (Å²) in [6.45, 7) is 8.92. The molecule has 0 radical (unpaired) electrons. The Kier molecular flexibility index (Phi) is 5.18. The van der Waals surface area contributed by atoms with Gasteiger partial charge in [-0.3, -0.25) is 5.10 Å². The molecule has 0 spiro atoms. The molecule has 0 fully saturated rings. The van der Waals surface area contributed by atoms with Gasteiger partial charge in [0.25, 0.3) is 0 Å². The Morgan fingerprint density at radius 1 is 1.25 bits per heavy atom. The lowest BCUT2D eigenvalue weighted by atomic mass is 10.1. The van der Waals surface area contributed by atoms with E-state index < -0.39 is 0 Å². The number of nitrogens with one attached hydrogen (secondary N) is 2. The molecule has 0 saturated carbocycles. The van der Waals surface area contributed by atoms with E-state index in [-0.39, 0.29) is 0 Å². The SMILES string of the molecule is CCOc1ccc(-c2[nH]ncc2CNCC(C)C)cc1. The van der Waals surface area contributed by atoms with Crippen LogP contribution in [-0.2, 0) is 6.54 Å². The lowest BCUT2D eigenvalue weighted by molar-refractivity contribution is 0.340. The highest BCUT2D eigenvalue weighted by molar-refractivity contribution is 5.63. The molecular formula is C16H23N3O. The third-order valence-electron chi connectivity index (χ3n) is 3.04. The van der Waals surface area contributed by atoms with E-state index in [0.717, 1.165) is 30.1 Å². The van der Waals surface area contributed by atoms with Gasteiger partial charge in [0.15, 0.2) is 0 Å². The van der Waals surface area contributed by atoms with Gasteiger partial charge in [-0.15, -0.1) is 0 Å². The van der Waals surface area contributed by atoms with Gasteiger partial charge in [0.05, 0.1) is 18.5 Å². The number of benzene rings is 1. The van der Waals surface area contributed by atoms with E-state index in [1.165, 1.54) is 5.56 Å². The zero-order chi connectivity index (χ0) is 14.4. The van der Waals surface area contributed by atoms with Crippen LogP contribution < -0.4 is 10.1 Å². The summed E-state index contributed by atoms with van der Waals surface area (Å²) in [5.41, 5.74) is 3.39. The molecule has 0 bridgehead atoms. The lowest BCUT2D eigenvalue weighted by Crippen LogP contribution is -2.19. The maximum atomic E-state index is 5.46. The second kappa shape index (κ2) is 7.10. The molecule has 0 unspecified atom stereocenters. The predicted octanol–water partition coefficient (Wildman–Crippen LogP) is 3.22. The zero-order valence-corrected chi connectivity index (χ0v) is 12.4. The first-order chi connectivity index (χ1) is 9.70. The van der Waals surface area contributed by atoms with Crippen molar-refractivity contribution in [2.45, 2.75) is 27.3 Å². The van der Waals surface area contributed by atoms with Crippen LogP contribution in [0, 0.1) is 5.92 Å². The average Bonchev–Trinajstić information content (AvgIpc) is 2.88. The van der Waals surface area contributed by atoms with Crippen LogP contribution in [0.4, 0.5) is 0 Å².